The van der Waals surface area contributed by atoms with Crippen molar-refractivity contribution in [2.24, 2.45) is 0 Å². The Labute approximate surface area is 110 Å². The van der Waals surface area contributed by atoms with Gasteiger partial charge in [0, 0.05) is 11.3 Å². The fourth-order valence-corrected chi connectivity index (χ4v) is 1.84. The van der Waals surface area contributed by atoms with Crippen LogP contribution in [0.3, 0.4) is 0 Å². The molecular weight excluding hydrogens is 252 g/mol. The van der Waals surface area contributed by atoms with Crippen molar-refractivity contribution in [2.45, 2.75) is 12.5 Å². The summed E-state index contributed by atoms with van der Waals surface area (Å²) in [5, 5.41) is 11.5. The lowest BCUT2D eigenvalue weighted by Gasteiger charge is -2.13. The first kappa shape index (κ1) is 14.4. The third-order valence-electron chi connectivity index (χ3n) is 2.39. The van der Waals surface area contributed by atoms with Crippen molar-refractivity contribution >= 4 is 29.3 Å². The van der Waals surface area contributed by atoms with E-state index < -0.39 is 17.9 Å². The van der Waals surface area contributed by atoms with E-state index in [9.17, 15) is 9.59 Å². The van der Waals surface area contributed by atoms with Gasteiger partial charge in [0.2, 0.25) is 0 Å². The van der Waals surface area contributed by atoms with Crippen LogP contribution in [0.1, 0.15) is 16.8 Å². The lowest BCUT2D eigenvalue weighted by molar-refractivity contribution is -0.139. The van der Waals surface area contributed by atoms with E-state index >= 15 is 0 Å². The van der Waals surface area contributed by atoms with Gasteiger partial charge in [-0.05, 0) is 42.7 Å². The zero-order chi connectivity index (χ0) is 13.5. The van der Waals surface area contributed by atoms with Gasteiger partial charge >= 0.3 is 5.97 Å². The largest absolute Gasteiger partial charge is 0.480 e. The fourth-order valence-electron chi connectivity index (χ4n) is 1.37. The van der Waals surface area contributed by atoms with Crippen molar-refractivity contribution in [2.75, 3.05) is 17.7 Å². The number of anilines is 1. The zero-order valence-corrected chi connectivity index (χ0v) is 10.9. The molecule has 1 aromatic rings. The molecule has 0 aliphatic rings. The fraction of sp³-hybridized carbons (Fsp3) is 0.333. The maximum Gasteiger partial charge on any atom is 0.326 e. The second kappa shape index (κ2) is 6.90. The number of rotatable bonds is 6. The van der Waals surface area contributed by atoms with Crippen LogP contribution in [0.5, 0.6) is 0 Å². The molecule has 0 radical (unpaired) electrons. The number of nitrogen functional groups attached to an aromatic ring is 1. The predicted octanol–water partition coefficient (Wildman–Crippen LogP) is 1.20. The Morgan fingerprint density at radius 3 is 2.50 bits per heavy atom. The van der Waals surface area contributed by atoms with Gasteiger partial charge in [0.1, 0.15) is 6.04 Å². The third kappa shape index (κ3) is 4.29. The Morgan fingerprint density at radius 2 is 2.00 bits per heavy atom. The minimum Gasteiger partial charge on any atom is -0.480 e. The minimum absolute atomic E-state index is 0.400. The lowest BCUT2D eigenvalue weighted by atomic mass is 10.1. The zero-order valence-electron chi connectivity index (χ0n) is 10.1. The van der Waals surface area contributed by atoms with E-state index in [1.54, 1.807) is 36.0 Å². The van der Waals surface area contributed by atoms with E-state index in [2.05, 4.69) is 5.32 Å². The molecule has 0 fully saturated rings. The highest BCUT2D eigenvalue weighted by molar-refractivity contribution is 7.98. The molecule has 98 valence electrons. The van der Waals surface area contributed by atoms with Crippen molar-refractivity contribution in [3.8, 4) is 0 Å². The second-order valence-electron chi connectivity index (χ2n) is 3.77. The number of aliphatic carboxylic acids is 1. The molecule has 0 saturated carbocycles. The number of carbonyl (C=O) groups excluding carboxylic acids is 1. The highest BCUT2D eigenvalue weighted by Crippen LogP contribution is 2.07. The van der Waals surface area contributed by atoms with Gasteiger partial charge in [-0.1, -0.05) is 0 Å². The van der Waals surface area contributed by atoms with E-state index in [-0.39, 0.29) is 0 Å². The van der Waals surface area contributed by atoms with Gasteiger partial charge in [0.15, 0.2) is 0 Å². The molecule has 0 spiro atoms. The number of carbonyl (C=O) groups is 2. The van der Waals surface area contributed by atoms with Gasteiger partial charge < -0.3 is 16.2 Å². The molecule has 1 aromatic carbocycles. The summed E-state index contributed by atoms with van der Waals surface area (Å²) in [7, 11) is 0. The summed E-state index contributed by atoms with van der Waals surface area (Å²) in [4.78, 5) is 22.8. The van der Waals surface area contributed by atoms with Crippen molar-refractivity contribution in [1.29, 1.82) is 0 Å². The molecule has 5 nitrogen and oxygen atoms in total. The molecule has 0 bridgehead atoms. The van der Waals surface area contributed by atoms with Gasteiger partial charge in [-0.3, -0.25) is 4.79 Å². The molecule has 6 heteroatoms. The van der Waals surface area contributed by atoms with Gasteiger partial charge in [-0.25, -0.2) is 4.79 Å². The van der Waals surface area contributed by atoms with Crippen LogP contribution in [0.15, 0.2) is 24.3 Å². The van der Waals surface area contributed by atoms with Crippen molar-refractivity contribution in [3.63, 3.8) is 0 Å². The molecule has 0 saturated heterocycles. The van der Waals surface area contributed by atoms with Crippen LogP contribution in [-0.2, 0) is 4.79 Å². The van der Waals surface area contributed by atoms with Gasteiger partial charge in [-0.15, -0.1) is 0 Å². The Bertz CT molecular complexity index is 420. The predicted molar refractivity (Wildman–Crippen MR) is 72.7 cm³/mol. The summed E-state index contributed by atoms with van der Waals surface area (Å²) in [6.45, 7) is 0. The van der Waals surface area contributed by atoms with Crippen LogP contribution < -0.4 is 11.1 Å². The number of benzene rings is 1. The number of thioether (sulfide) groups is 1. The average Bonchev–Trinajstić information content (AvgIpc) is 2.34. The molecule has 0 unspecified atom stereocenters. The number of carboxylic acid groups (broad SMARTS) is 1. The number of amides is 1. The van der Waals surface area contributed by atoms with Crippen LogP contribution in [-0.4, -0.2) is 35.0 Å². The standard InChI is InChI=1S/C12H16N2O3S/c1-18-7-6-10(12(16)17)14-11(15)8-2-4-9(13)5-3-8/h2-5,10H,6-7,13H2,1H3,(H,14,15)(H,16,17)/t10-/m0/s1. The molecule has 0 heterocycles. The van der Waals surface area contributed by atoms with E-state index in [0.29, 0.717) is 23.4 Å². The van der Waals surface area contributed by atoms with Gasteiger partial charge in [0.05, 0.1) is 0 Å². The first-order valence-corrected chi connectivity index (χ1v) is 6.82. The van der Waals surface area contributed by atoms with Gasteiger partial charge in [0.25, 0.3) is 5.91 Å². The molecule has 4 N–H and O–H groups in total. The van der Waals surface area contributed by atoms with Crippen molar-refractivity contribution in [3.05, 3.63) is 29.8 Å². The van der Waals surface area contributed by atoms with Crippen LogP contribution >= 0.6 is 11.8 Å². The number of hydrogen-bond donors (Lipinski definition) is 3. The molecule has 1 atom stereocenters. The van der Waals surface area contributed by atoms with Crippen molar-refractivity contribution in [1.82, 2.24) is 5.32 Å². The number of nitrogens with two attached hydrogens (primary N) is 1. The highest BCUT2D eigenvalue weighted by Gasteiger charge is 2.19. The number of carboxylic acids is 1. The molecule has 1 amide bonds. The Hall–Kier alpha value is -1.69. The Morgan fingerprint density at radius 1 is 1.39 bits per heavy atom. The first-order chi connectivity index (χ1) is 8.54. The molecule has 18 heavy (non-hydrogen) atoms. The van der Waals surface area contributed by atoms with Crippen molar-refractivity contribution < 1.29 is 14.7 Å². The summed E-state index contributed by atoms with van der Waals surface area (Å²) >= 11 is 1.54. The Balaban J connectivity index is 2.66. The normalized spacial score (nSPS) is 11.8. The molecular formula is C12H16N2O3S. The van der Waals surface area contributed by atoms with Crippen LogP contribution in [0, 0.1) is 0 Å². The molecule has 0 aliphatic carbocycles. The van der Waals surface area contributed by atoms with Crippen LogP contribution in [0.2, 0.25) is 0 Å². The summed E-state index contributed by atoms with van der Waals surface area (Å²) in [6, 6.07) is 5.48. The van der Waals surface area contributed by atoms with Crippen LogP contribution in [0.4, 0.5) is 5.69 Å². The average molecular weight is 268 g/mol. The smallest absolute Gasteiger partial charge is 0.326 e. The van der Waals surface area contributed by atoms with E-state index in [0.717, 1.165) is 0 Å². The summed E-state index contributed by atoms with van der Waals surface area (Å²) in [5.74, 6) is -0.740. The van der Waals surface area contributed by atoms with E-state index in [4.69, 9.17) is 10.8 Å². The number of nitrogens with one attached hydrogen (secondary N) is 1. The molecule has 0 aliphatic heterocycles. The minimum atomic E-state index is -1.02. The second-order valence-corrected chi connectivity index (χ2v) is 4.75. The highest BCUT2D eigenvalue weighted by atomic mass is 32.2. The number of hydrogen-bond acceptors (Lipinski definition) is 4. The Kier molecular flexibility index (Phi) is 5.51. The van der Waals surface area contributed by atoms with E-state index in [1.165, 1.54) is 0 Å². The maximum absolute atomic E-state index is 11.8. The topological polar surface area (TPSA) is 92.4 Å². The molecule has 0 aromatic heterocycles. The third-order valence-corrected chi connectivity index (χ3v) is 3.03. The first-order valence-electron chi connectivity index (χ1n) is 5.42. The quantitative estimate of drug-likeness (QED) is 0.674. The summed E-state index contributed by atoms with van der Waals surface area (Å²) in [6.07, 6.45) is 2.29. The summed E-state index contributed by atoms with van der Waals surface area (Å²) in [5.41, 5.74) is 6.47. The van der Waals surface area contributed by atoms with E-state index in [1.807, 2.05) is 6.26 Å². The van der Waals surface area contributed by atoms with Crippen LogP contribution in [0.25, 0.3) is 0 Å². The summed E-state index contributed by atoms with van der Waals surface area (Å²) < 4.78 is 0. The lowest BCUT2D eigenvalue weighted by Crippen LogP contribution is -2.41. The maximum atomic E-state index is 11.8. The molecule has 1 rings (SSSR count). The SMILES string of the molecule is CSCC[C@H](NC(=O)c1ccc(N)cc1)C(=O)O. The monoisotopic (exact) mass is 268 g/mol. The van der Waals surface area contributed by atoms with Gasteiger partial charge in [-0.2, -0.15) is 11.8 Å².